The van der Waals surface area contributed by atoms with Crippen molar-refractivity contribution in [3.05, 3.63) is 12.4 Å². The van der Waals surface area contributed by atoms with E-state index in [1.54, 1.807) is 0 Å². The third-order valence-electron chi connectivity index (χ3n) is 1.12. The second kappa shape index (κ2) is 3.46. The number of hydrogen-bond acceptors (Lipinski definition) is 2. The molecule has 0 aliphatic heterocycles. The molecule has 13 heavy (non-hydrogen) atoms. The van der Waals surface area contributed by atoms with E-state index in [4.69, 9.17) is 0 Å². The Hall–Kier alpha value is -1.53. The Labute approximate surface area is 71.2 Å². The first kappa shape index (κ1) is 9.56. The summed E-state index contributed by atoms with van der Waals surface area (Å²) in [6, 6.07) is 0. The first-order valence-corrected chi connectivity index (χ1v) is 3.33. The number of carbonyl (C=O) groups excluding carboxylic acids is 1. The molecule has 0 unspecified atom stereocenters. The summed E-state index contributed by atoms with van der Waals surface area (Å²) in [7, 11) is 0. The van der Waals surface area contributed by atoms with Gasteiger partial charge in [0.2, 0.25) is 11.9 Å². The van der Waals surface area contributed by atoms with E-state index in [2.05, 4.69) is 9.97 Å². The molecule has 1 aromatic heterocycles. The number of amides is 1. The smallest absolute Gasteiger partial charge is 0.331 e. The number of nitrogens with one attached hydrogen (secondary N) is 2. The van der Waals surface area contributed by atoms with Crippen LogP contribution in [0.2, 0.25) is 0 Å². The van der Waals surface area contributed by atoms with E-state index in [1.807, 2.05) is 5.32 Å². The van der Waals surface area contributed by atoms with Crippen LogP contribution in [0, 0.1) is 0 Å². The van der Waals surface area contributed by atoms with Crippen LogP contribution in [0.4, 0.5) is 19.1 Å². The summed E-state index contributed by atoms with van der Waals surface area (Å²) < 4.78 is 34.9. The highest BCUT2D eigenvalue weighted by Gasteiger charge is 2.31. The van der Waals surface area contributed by atoms with Crippen LogP contribution in [-0.2, 0) is 4.79 Å². The van der Waals surface area contributed by atoms with Gasteiger partial charge < -0.3 is 4.98 Å². The minimum absolute atomic E-state index is 0.00856. The molecule has 0 saturated carbocycles. The van der Waals surface area contributed by atoms with E-state index in [0.29, 0.717) is 0 Å². The summed E-state index contributed by atoms with van der Waals surface area (Å²) in [5, 5.41) is 1.95. The molecule has 0 radical (unpaired) electrons. The highest BCUT2D eigenvalue weighted by atomic mass is 19.4. The lowest BCUT2D eigenvalue weighted by molar-refractivity contribution is -0.150. The summed E-state index contributed by atoms with van der Waals surface area (Å²) in [5.74, 6) is -1.13. The van der Waals surface area contributed by atoms with Crippen molar-refractivity contribution in [2.75, 3.05) is 5.32 Å². The predicted molar refractivity (Wildman–Crippen MR) is 37.9 cm³/mol. The fraction of sp³-hybridized carbons (Fsp3) is 0.333. The van der Waals surface area contributed by atoms with Crippen LogP contribution in [0.15, 0.2) is 12.4 Å². The molecular formula is C6H6F3N3O. The molecule has 0 spiro atoms. The molecule has 72 valence electrons. The quantitative estimate of drug-likeness (QED) is 0.743. The van der Waals surface area contributed by atoms with E-state index < -0.39 is 18.5 Å². The van der Waals surface area contributed by atoms with Crippen molar-refractivity contribution < 1.29 is 18.0 Å². The second-order valence-corrected chi connectivity index (χ2v) is 2.28. The van der Waals surface area contributed by atoms with Crippen molar-refractivity contribution in [1.82, 2.24) is 9.97 Å². The first-order chi connectivity index (χ1) is 5.97. The fourth-order valence-corrected chi connectivity index (χ4v) is 0.692. The summed E-state index contributed by atoms with van der Waals surface area (Å²) in [4.78, 5) is 16.6. The number of hydrogen-bond donors (Lipinski definition) is 2. The molecule has 1 rings (SSSR count). The van der Waals surface area contributed by atoms with Crippen molar-refractivity contribution in [1.29, 1.82) is 0 Å². The largest absolute Gasteiger partial charge is 0.397 e. The van der Waals surface area contributed by atoms with E-state index in [1.165, 1.54) is 12.4 Å². The van der Waals surface area contributed by atoms with Crippen LogP contribution in [0.5, 0.6) is 0 Å². The van der Waals surface area contributed by atoms with E-state index in [9.17, 15) is 18.0 Å². The molecule has 0 saturated heterocycles. The number of halogens is 3. The van der Waals surface area contributed by atoms with Gasteiger partial charge in [-0.1, -0.05) is 0 Å². The van der Waals surface area contributed by atoms with Crippen molar-refractivity contribution in [2.45, 2.75) is 12.6 Å². The van der Waals surface area contributed by atoms with Crippen LogP contribution in [0.1, 0.15) is 6.42 Å². The molecule has 1 amide bonds. The summed E-state index contributed by atoms with van der Waals surface area (Å²) in [5.41, 5.74) is 0. The van der Waals surface area contributed by atoms with Gasteiger partial charge in [-0.05, 0) is 0 Å². The van der Waals surface area contributed by atoms with Gasteiger partial charge in [-0.25, -0.2) is 4.98 Å². The number of H-pyrrole nitrogens is 1. The summed E-state index contributed by atoms with van der Waals surface area (Å²) >= 11 is 0. The molecular weight excluding hydrogens is 187 g/mol. The van der Waals surface area contributed by atoms with E-state index >= 15 is 0 Å². The van der Waals surface area contributed by atoms with Crippen LogP contribution in [0.3, 0.4) is 0 Å². The van der Waals surface area contributed by atoms with Gasteiger partial charge in [-0.2, -0.15) is 13.2 Å². The lowest BCUT2D eigenvalue weighted by Crippen LogP contribution is -2.21. The van der Waals surface area contributed by atoms with Gasteiger partial charge in [-0.15, -0.1) is 0 Å². The molecule has 1 aromatic rings. The lowest BCUT2D eigenvalue weighted by Gasteiger charge is -2.04. The molecule has 7 heteroatoms. The van der Waals surface area contributed by atoms with Gasteiger partial charge in [0.05, 0.1) is 0 Å². The Balaban J connectivity index is 2.43. The molecule has 0 aliphatic carbocycles. The number of rotatable bonds is 2. The number of nitrogens with zero attached hydrogens (tertiary/aromatic N) is 1. The van der Waals surface area contributed by atoms with Gasteiger partial charge in [0.1, 0.15) is 6.42 Å². The van der Waals surface area contributed by atoms with Crippen LogP contribution in [-0.4, -0.2) is 22.1 Å². The number of imidazole rings is 1. The zero-order chi connectivity index (χ0) is 9.90. The Morgan fingerprint density at radius 2 is 2.31 bits per heavy atom. The van der Waals surface area contributed by atoms with Gasteiger partial charge in [0.15, 0.2) is 0 Å². The molecule has 0 fully saturated rings. The Bertz CT molecular complexity index is 280. The van der Waals surface area contributed by atoms with Crippen molar-refractivity contribution in [3.8, 4) is 0 Å². The highest BCUT2D eigenvalue weighted by molar-refractivity contribution is 5.89. The van der Waals surface area contributed by atoms with Crippen molar-refractivity contribution in [2.24, 2.45) is 0 Å². The average Bonchev–Trinajstić information content (AvgIpc) is 2.34. The third kappa shape index (κ3) is 3.59. The van der Waals surface area contributed by atoms with Crippen LogP contribution >= 0.6 is 0 Å². The zero-order valence-electron chi connectivity index (χ0n) is 6.35. The summed E-state index contributed by atoms with van der Waals surface area (Å²) in [6.45, 7) is 0. The Morgan fingerprint density at radius 1 is 1.62 bits per heavy atom. The maximum atomic E-state index is 11.6. The topological polar surface area (TPSA) is 57.8 Å². The molecule has 0 aromatic carbocycles. The fourth-order valence-electron chi connectivity index (χ4n) is 0.692. The molecule has 4 nitrogen and oxygen atoms in total. The van der Waals surface area contributed by atoms with Gasteiger partial charge in [0, 0.05) is 12.4 Å². The van der Waals surface area contributed by atoms with Crippen molar-refractivity contribution in [3.63, 3.8) is 0 Å². The average molecular weight is 193 g/mol. The number of carbonyl (C=O) groups is 1. The number of anilines is 1. The van der Waals surface area contributed by atoms with Gasteiger partial charge >= 0.3 is 6.18 Å². The minimum Gasteiger partial charge on any atom is -0.331 e. The van der Waals surface area contributed by atoms with Crippen molar-refractivity contribution >= 4 is 11.9 Å². The standard InChI is InChI=1S/C6H6F3N3O/c7-6(8,9)3-4(13)12-5-10-1-2-11-5/h1-2H,3H2,(H2,10,11,12,13). The first-order valence-electron chi connectivity index (χ1n) is 3.33. The van der Waals surface area contributed by atoms with E-state index in [-0.39, 0.29) is 5.95 Å². The van der Waals surface area contributed by atoms with E-state index in [0.717, 1.165) is 0 Å². The summed E-state index contributed by atoms with van der Waals surface area (Å²) in [6.07, 6.45) is -3.28. The normalized spacial score (nSPS) is 11.3. The Morgan fingerprint density at radius 3 is 2.77 bits per heavy atom. The van der Waals surface area contributed by atoms with Gasteiger partial charge in [-0.3, -0.25) is 10.1 Å². The Kier molecular flexibility index (Phi) is 2.54. The van der Waals surface area contributed by atoms with Crippen LogP contribution in [0.25, 0.3) is 0 Å². The van der Waals surface area contributed by atoms with Gasteiger partial charge in [0.25, 0.3) is 0 Å². The number of aromatic amines is 1. The second-order valence-electron chi connectivity index (χ2n) is 2.28. The highest BCUT2D eigenvalue weighted by Crippen LogP contribution is 2.19. The number of alkyl halides is 3. The van der Waals surface area contributed by atoms with Crippen LogP contribution < -0.4 is 5.32 Å². The SMILES string of the molecule is O=C(CC(F)(F)F)Nc1ncc[nH]1. The molecule has 0 atom stereocenters. The minimum atomic E-state index is -4.49. The zero-order valence-corrected chi connectivity index (χ0v) is 6.35. The monoisotopic (exact) mass is 193 g/mol. The third-order valence-corrected chi connectivity index (χ3v) is 1.12. The molecule has 2 N–H and O–H groups in total. The molecule has 1 heterocycles. The number of aromatic nitrogens is 2. The molecule has 0 bridgehead atoms. The molecule has 0 aliphatic rings. The maximum absolute atomic E-state index is 11.6. The lowest BCUT2D eigenvalue weighted by atomic mass is 10.4. The maximum Gasteiger partial charge on any atom is 0.397 e. The predicted octanol–water partition coefficient (Wildman–Crippen LogP) is 1.30.